The molecule has 2 aromatic heterocycles. The third kappa shape index (κ3) is 9.59. The topological polar surface area (TPSA) is 118 Å². The lowest BCUT2D eigenvalue weighted by atomic mass is 9.92. The molecule has 4 aromatic rings. The molecule has 260 valence electrons. The van der Waals surface area contributed by atoms with Gasteiger partial charge in [0.1, 0.15) is 23.0 Å². The number of amides is 2. The number of hydrogen-bond acceptors (Lipinski definition) is 6. The van der Waals surface area contributed by atoms with Crippen LogP contribution in [0.3, 0.4) is 0 Å². The average molecular weight is 673 g/mol. The van der Waals surface area contributed by atoms with Crippen molar-refractivity contribution in [2.45, 2.75) is 103 Å². The van der Waals surface area contributed by atoms with E-state index >= 15 is 0 Å². The largest absolute Gasteiger partial charge is 0.346 e. The molecule has 2 heterocycles. The van der Waals surface area contributed by atoms with Gasteiger partial charge in [-0.25, -0.2) is 0 Å². The number of ketones is 2. The van der Waals surface area contributed by atoms with Gasteiger partial charge in [-0.1, -0.05) is 48.5 Å². The van der Waals surface area contributed by atoms with E-state index in [0.717, 1.165) is 47.9 Å². The molecule has 2 aromatic carbocycles. The van der Waals surface area contributed by atoms with Crippen LogP contribution in [-0.2, 0) is 35.3 Å². The van der Waals surface area contributed by atoms with E-state index in [1.807, 2.05) is 77.9 Å². The Morgan fingerprint density at radius 1 is 0.600 bits per heavy atom. The van der Waals surface area contributed by atoms with Crippen molar-refractivity contribution in [3.8, 4) is 0 Å². The van der Waals surface area contributed by atoms with Crippen molar-refractivity contribution in [2.24, 2.45) is 0 Å². The second-order valence-corrected chi connectivity index (χ2v) is 15.4. The van der Waals surface area contributed by atoms with Crippen LogP contribution in [-0.4, -0.2) is 44.4 Å². The molecule has 0 aliphatic heterocycles. The van der Waals surface area contributed by atoms with E-state index in [9.17, 15) is 19.2 Å². The highest BCUT2D eigenvalue weighted by molar-refractivity contribution is 5.94. The van der Waals surface area contributed by atoms with Crippen molar-refractivity contribution in [3.63, 3.8) is 0 Å². The highest BCUT2D eigenvalue weighted by Crippen LogP contribution is 2.35. The number of nitrogens with zero attached hydrogens (tertiary/aromatic N) is 2. The Labute approximate surface area is 295 Å². The Hall–Kier alpha value is -4.98. The van der Waals surface area contributed by atoms with E-state index in [-0.39, 0.29) is 46.3 Å². The first-order valence-corrected chi connectivity index (χ1v) is 17.4. The van der Waals surface area contributed by atoms with Gasteiger partial charge >= 0.3 is 0 Å². The molecule has 2 aliphatic rings. The maximum atomic E-state index is 12.8. The van der Waals surface area contributed by atoms with Gasteiger partial charge in [-0.3, -0.25) is 29.1 Å². The predicted octanol–water partition coefficient (Wildman–Crippen LogP) is 6.90. The number of hydrogen-bond donors (Lipinski definition) is 2. The molecule has 6 rings (SSSR count). The zero-order chi connectivity index (χ0) is 36.1. The standard InChI is InChI=1S/2C21H24N2O2/c2*1-21(2,3)23-20(25)18-12-14(10-11-22-18)13-19(24)17-9-8-15-6-4-5-7-16(15)17/h2*4-7,10-12,17H,8-9,13H2,1-3H3,(H,23,25)/t2*17-/m10/s1. The number of Topliss-reactive ketones (excluding diaryl/α,β-unsaturated/α-hetero) is 2. The number of fused-ring (bicyclic) bond motifs is 2. The molecule has 0 saturated heterocycles. The van der Waals surface area contributed by atoms with Crippen LogP contribution in [0.25, 0.3) is 0 Å². The molecule has 0 unspecified atom stereocenters. The molecule has 2 atom stereocenters. The Kier molecular flexibility index (Phi) is 11.1. The molecular formula is C42H48N4O4. The quantitative estimate of drug-likeness (QED) is 0.210. The first-order chi connectivity index (χ1) is 23.7. The molecule has 2 N–H and O–H groups in total. The van der Waals surface area contributed by atoms with E-state index in [0.29, 0.717) is 24.2 Å². The number of aromatic nitrogens is 2. The number of carbonyl (C=O) groups is 4. The number of rotatable bonds is 8. The van der Waals surface area contributed by atoms with Crippen LogP contribution in [0.15, 0.2) is 85.2 Å². The van der Waals surface area contributed by atoms with Crippen LogP contribution in [0.4, 0.5) is 0 Å². The summed E-state index contributed by atoms with van der Waals surface area (Å²) in [6.07, 6.45) is 7.53. The van der Waals surface area contributed by atoms with Crippen molar-refractivity contribution >= 4 is 23.4 Å². The van der Waals surface area contributed by atoms with Gasteiger partial charge in [0.2, 0.25) is 0 Å². The summed E-state index contributed by atoms with van der Waals surface area (Å²) in [5.74, 6) is -0.0786. The molecule has 50 heavy (non-hydrogen) atoms. The van der Waals surface area contributed by atoms with Gasteiger partial charge in [-0.15, -0.1) is 0 Å². The number of benzene rings is 2. The molecule has 0 bridgehead atoms. The van der Waals surface area contributed by atoms with E-state index in [1.54, 1.807) is 24.5 Å². The molecule has 0 saturated carbocycles. The highest BCUT2D eigenvalue weighted by Gasteiger charge is 2.29. The first kappa shape index (κ1) is 36.3. The minimum absolute atomic E-state index is 0.0313. The Morgan fingerprint density at radius 2 is 0.980 bits per heavy atom. The van der Waals surface area contributed by atoms with Gasteiger partial charge in [0.05, 0.1) is 0 Å². The fraction of sp³-hybridized carbons (Fsp3) is 0.381. The van der Waals surface area contributed by atoms with E-state index in [4.69, 9.17) is 0 Å². The lowest BCUT2D eigenvalue weighted by Gasteiger charge is -2.20. The molecule has 8 nitrogen and oxygen atoms in total. The lowest BCUT2D eigenvalue weighted by Crippen LogP contribution is -2.41. The molecule has 2 aliphatic carbocycles. The zero-order valence-electron chi connectivity index (χ0n) is 30.0. The van der Waals surface area contributed by atoms with Crippen LogP contribution >= 0.6 is 0 Å². The minimum Gasteiger partial charge on any atom is -0.346 e. The fourth-order valence-corrected chi connectivity index (χ4v) is 6.66. The van der Waals surface area contributed by atoms with Crippen LogP contribution < -0.4 is 10.6 Å². The van der Waals surface area contributed by atoms with Gasteiger partial charge in [0, 0.05) is 48.1 Å². The molecule has 0 radical (unpaired) electrons. The van der Waals surface area contributed by atoms with E-state index in [1.165, 1.54) is 11.1 Å². The van der Waals surface area contributed by atoms with Crippen molar-refractivity contribution in [2.75, 3.05) is 0 Å². The SMILES string of the molecule is CC(C)(C)NC(=O)c1cc(CC(=O)[C@@H]2CCc3ccccc32)ccn1.CC(C)(C)NC(=O)c1cc(CC(=O)[C@H]2CCc3ccccc32)ccn1. The number of pyridine rings is 2. The Balaban J connectivity index is 0.000000194. The number of carbonyl (C=O) groups excluding carboxylic acids is 4. The molecule has 0 spiro atoms. The number of aryl methyl sites for hydroxylation is 2. The third-order valence-corrected chi connectivity index (χ3v) is 8.89. The number of nitrogens with one attached hydrogen (secondary N) is 2. The first-order valence-electron chi connectivity index (χ1n) is 17.4. The Morgan fingerprint density at radius 3 is 1.36 bits per heavy atom. The van der Waals surface area contributed by atoms with Crippen molar-refractivity contribution < 1.29 is 19.2 Å². The second kappa shape index (κ2) is 15.3. The molecular weight excluding hydrogens is 624 g/mol. The van der Waals surface area contributed by atoms with Crippen LogP contribution in [0.5, 0.6) is 0 Å². The maximum absolute atomic E-state index is 12.8. The van der Waals surface area contributed by atoms with Gasteiger partial charge in [0.25, 0.3) is 11.8 Å². The summed E-state index contributed by atoms with van der Waals surface area (Å²) < 4.78 is 0. The summed E-state index contributed by atoms with van der Waals surface area (Å²) in [5.41, 5.74) is 6.61. The monoisotopic (exact) mass is 672 g/mol. The van der Waals surface area contributed by atoms with Gasteiger partial charge < -0.3 is 10.6 Å². The van der Waals surface area contributed by atoms with Crippen LogP contribution in [0.1, 0.15) is 121 Å². The summed E-state index contributed by atoms with van der Waals surface area (Å²) >= 11 is 0. The zero-order valence-corrected chi connectivity index (χ0v) is 30.0. The normalized spacial score (nSPS) is 16.4. The van der Waals surface area contributed by atoms with Crippen molar-refractivity contribution in [3.05, 3.63) is 130 Å². The molecule has 8 heteroatoms. The highest BCUT2D eigenvalue weighted by atomic mass is 16.2. The fourth-order valence-electron chi connectivity index (χ4n) is 6.66. The summed E-state index contributed by atoms with van der Waals surface area (Å²) in [7, 11) is 0. The smallest absolute Gasteiger partial charge is 0.270 e. The summed E-state index contributed by atoms with van der Waals surface area (Å²) in [4.78, 5) is 58.3. The van der Waals surface area contributed by atoms with Gasteiger partial charge in [-0.2, -0.15) is 0 Å². The van der Waals surface area contributed by atoms with Crippen molar-refractivity contribution in [1.82, 2.24) is 20.6 Å². The van der Waals surface area contributed by atoms with Crippen LogP contribution in [0, 0.1) is 0 Å². The van der Waals surface area contributed by atoms with E-state index < -0.39 is 0 Å². The second-order valence-electron chi connectivity index (χ2n) is 15.4. The molecule has 0 fully saturated rings. The lowest BCUT2D eigenvalue weighted by molar-refractivity contribution is -0.120. The summed E-state index contributed by atoms with van der Waals surface area (Å²) in [6, 6.07) is 23.4. The molecule has 2 amide bonds. The van der Waals surface area contributed by atoms with Crippen LogP contribution in [0.2, 0.25) is 0 Å². The average Bonchev–Trinajstić information content (AvgIpc) is 3.69. The minimum atomic E-state index is -0.321. The van der Waals surface area contributed by atoms with E-state index in [2.05, 4.69) is 44.9 Å². The Bertz CT molecular complexity index is 1750. The summed E-state index contributed by atoms with van der Waals surface area (Å²) in [5, 5.41) is 5.80. The maximum Gasteiger partial charge on any atom is 0.270 e. The predicted molar refractivity (Wildman–Crippen MR) is 195 cm³/mol. The summed E-state index contributed by atoms with van der Waals surface area (Å²) in [6.45, 7) is 11.6. The van der Waals surface area contributed by atoms with Gasteiger partial charge in [0.15, 0.2) is 0 Å². The van der Waals surface area contributed by atoms with Gasteiger partial charge in [-0.05, 0) is 125 Å². The third-order valence-electron chi connectivity index (χ3n) is 8.89. The van der Waals surface area contributed by atoms with Crippen molar-refractivity contribution in [1.29, 1.82) is 0 Å².